The summed E-state index contributed by atoms with van der Waals surface area (Å²) in [6.07, 6.45) is 2.01. The summed E-state index contributed by atoms with van der Waals surface area (Å²) in [6.45, 7) is 10.6. The normalized spacial score (nSPS) is 15.8. The Morgan fingerprint density at radius 3 is 2.32 bits per heavy atom. The van der Waals surface area contributed by atoms with Crippen LogP contribution in [0.3, 0.4) is 0 Å². The summed E-state index contributed by atoms with van der Waals surface area (Å²) in [5.41, 5.74) is 2.18. The highest BCUT2D eigenvalue weighted by Gasteiger charge is 2.29. The van der Waals surface area contributed by atoms with Gasteiger partial charge in [-0.25, -0.2) is 8.42 Å². The molecule has 1 N–H and O–H groups in total. The second-order valence-electron chi connectivity index (χ2n) is 6.40. The van der Waals surface area contributed by atoms with Crippen molar-refractivity contribution < 1.29 is 8.42 Å². The van der Waals surface area contributed by atoms with Crippen LogP contribution in [-0.2, 0) is 16.4 Å². The number of hydrogen-bond donors (Lipinski definition) is 1. The van der Waals surface area contributed by atoms with Gasteiger partial charge in [-0.1, -0.05) is 37.6 Å². The minimum absolute atomic E-state index is 0.365. The number of thiocarbonyl (C=S) groups is 1. The van der Waals surface area contributed by atoms with Crippen LogP contribution < -0.4 is 5.32 Å². The highest BCUT2D eigenvalue weighted by molar-refractivity contribution is 7.89. The zero-order valence-electron chi connectivity index (χ0n) is 15.0. The smallest absolute Gasteiger partial charge is 0.243 e. The lowest BCUT2D eigenvalue weighted by Gasteiger charge is -2.35. The number of hydrogen-bond acceptors (Lipinski definition) is 3. The quantitative estimate of drug-likeness (QED) is 0.606. The van der Waals surface area contributed by atoms with Crippen molar-refractivity contribution in [2.24, 2.45) is 0 Å². The molecule has 2 rings (SSSR count). The molecular formula is C18H27N3O2S2. The second-order valence-corrected chi connectivity index (χ2v) is 8.73. The molecule has 0 spiro atoms. The Hall–Kier alpha value is -1.44. The highest BCUT2D eigenvalue weighted by atomic mass is 32.2. The summed E-state index contributed by atoms with van der Waals surface area (Å²) in [7, 11) is -3.44. The molecule has 138 valence electrons. The van der Waals surface area contributed by atoms with Gasteiger partial charge in [0.2, 0.25) is 10.0 Å². The monoisotopic (exact) mass is 381 g/mol. The van der Waals surface area contributed by atoms with Crippen LogP contribution in [0.4, 0.5) is 0 Å². The van der Waals surface area contributed by atoms with Crippen molar-refractivity contribution in [2.45, 2.75) is 31.6 Å². The average Bonchev–Trinajstić information content (AvgIpc) is 2.60. The number of sulfonamides is 1. The van der Waals surface area contributed by atoms with Crippen molar-refractivity contribution in [1.82, 2.24) is 14.5 Å². The second kappa shape index (κ2) is 8.78. The van der Waals surface area contributed by atoms with Gasteiger partial charge in [0, 0.05) is 32.7 Å². The van der Waals surface area contributed by atoms with Gasteiger partial charge in [0.25, 0.3) is 0 Å². The molecule has 0 aliphatic carbocycles. The van der Waals surface area contributed by atoms with E-state index in [0.717, 1.165) is 18.4 Å². The first-order valence-corrected chi connectivity index (χ1v) is 10.5. The summed E-state index contributed by atoms with van der Waals surface area (Å²) >= 11 is 5.36. The lowest BCUT2D eigenvalue weighted by molar-refractivity contribution is 0.264. The molecule has 1 saturated heterocycles. The molecule has 0 atom stereocenters. The van der Waals surface area contributed by atoms with Gasteiger partial charge >= 0.3 is 0 Å². The number of nitrogens with one attached hydrogen (secondary N) is 1. The van der Waals surface area contributed by atoms with E-state index in [-0.39, 0.29) is 0 Å². The molecule has 25 heavy (non-hydrogen) atoms. The molecule has 0 unspecified atom stereocenters. The van der Waals surface area contributed by atoms with Crippen LogP contribution in [0.25, 0.3) is 0 Å². The maximum atomic E-state index is 12.8. The third-order valence-electron chi connectivity index (χ3n) is 4.17. The predicted molar refractivity (Wildman–Crippen MR) is 106 cm³/mol. The molecule has 0 aromatic heterocycles. The standard InChI is InChI=1S/C18H27N3O2S2/c1-4-5-16-6-8-17(9-7-16)25(22,23)21-12-10-20(11-13-21)18(24)19-14-15(2)3/h6-9H,2,4-5,10-14H2,1,3H3,(H,19,24). The van der Waals surface area contributed by atoms with E-state index in [2.05, 4.69) is 18.8 Å². The first kappa shape index (κ1) is 19.9. The summed E-state index contributed by atoms with van der Waals surface area (Å²) in [5, 5.41) is 3.80. The predicted octanol–water partition coefficient (Wildman–Crippen LogP) is 2.40. The molecule has 7 heteroatoms. The van der Waals surface area contributed by atoms with Gasteiger partial charge in [-0.15, -0.1) is 0 Å². The van der Waals surface area contributed by atoms with Gasteiger partial charge in [-0.3, -0.25) is 0 Å². The van der Waals surface area contributed by atoms with Crippen LogP contribution in [0, 0.1) is 0 Å². The maximum absolute atomic E-state index is 12.8. The molecule has 1 aromatic carbocycles. The van der Waals surface area contributed by atoms with Gasteiger partial charge < -0.3 is 10.2 Å². The van der Waals surface area contributed by atoms with E-state index in [9.17, 15) is 8.42 Å². The van der Waals surface area contributed by atoms with Gasteiger partial charge in [0.1, 0.15) is 0 Å². The fraction of sp³-hybridized carbons (Fsp3) is 0.500. The maximum Gasteiger partial charge on any atom is 0.243 e. The van der Waals surface area contributed by atoms with Crippen molar-refractivity contribution >= 4 is 27.4 Å². The Balaban J connectivity index is 1.96. The first-order valence-electron chi connectivity index (χ1n) is 8.61. The van der Waals surface area contributed by atoms with Crippen molar-refractivity contribution in [3.05, 3.63) is 42.0 Å². The Morgan fingerprint density at radius 1 is 1.20 bits per heavy atom. The van der Waals surface area contributed by atoms with Crippen LogP contribution in [0.15, 0.2) is 41.3 Å². The molecule has 0 amide bonds. The third-order valence-corrected chi connectivity index (χ3v) is 6.48. The fourth-order valence-electron chi connectivity index (χ4n) is 2.74. The Morgan fingerprint density at radius 2 is 1.80 bits per heavy atom. The van der Waals surface area contributed by atoms with E-state index in [4.69, 9.17) is 12.2 Å². The molecule has 1 aliphatic heterocycles. The van der Waals surface area contributed by atoms with Crippen molar-refractivity contribution in [2.75, 3.05) is 32.7 Å². The number of nitrogens with zero attached hydrogens (tertiary/aromatic N) is 2. The zero-order chi connectivity index (χ0) is 18.4. The summed E-state index contributed by atoms with van der Waals surface area (Å²) < 4.78 is 27.1. The lowest BCUT2D eigenvalue weighted by atomic mass is 10.1. The van der Waals surface area contributed by atoms with Crippen molar-refractivity contribution in [3.63, 3.8) is 0 Å². The Bertz CT molecular complexity index is 706. The number of rotatable bonds is 6. The molecule has 0 radical (unpaired) electrons. The van der Waals surface area contributed by atoms with E-state index in [1.807, 2.05) is 24.0 Å². The topological polar surface area (TPSA) is 52.6 Å². The van der Waals surface area contributed by atoms with Crippen LogP contribution in [0.1, 0.15) is 25.8 Å². The molecule has 0 saturated carbocycles. The van der Waals surface area contributed by atoms with Gasteiger partial charge in [0.15, 0.2) is 5.11 Å². The molecular weight excluding hydrogens is 354 g/mol. The van der Waals surface area contributed by atoms with Crippen molar-refractivity contribution in [3.8, 4) is 0 Å². The highest BCUT2D eigenvalue weighted by Crippen LogP contribution is 2.19. The van der Waals surface area contributed by atoms with E-state index in [1.165, 1.54) is 5.56 Å². The fourth-order valence-corrected chi connectivity index (χ4v) is 4.41. The minimum atomic E-state index is -3.44. The van der Waals surface area contributed by atoms with Crippen molar-refractivity contribution in [1.29, 1.82) is 0 Å². The summed E-state index contributed by atoms with van der Waals surface area (Å²) in [5.74, 6) is 0. The molecule has 1 aliphatic rings. The minimum Gasteiger partial charge on any atom is -0.359 e. The SMILES string of the molecule is C=C(C)CNC(=S)N1CCN(S(=O)(=O)c2ccc(CCC)cc2)CC1. The molecule has 1 aromatic rings. The number of piperazine rings is 1. The van der Waals surface area contributed by atoms with Crippen LogP contribution in [0.2, 0.25) is 0 Å². The zero-order valence-corrected chi connectivity index (χ0v) is 16.6. The summed E-state index contributed by atoms with van der Waals surface area (Å²) in [4.78, 5) is 2.37. The van der Waals surface area contributed by atoms with Crippen LogP contribution in [-0.4, -0.2) is 55.5 Å². The molecule has 1 fully saturated rings. The van der Waals surface area contributed by atoms with E-state index in [0.29, 0.717) is 42.7 Å². The molecule has 1 heterocycles. The number of aryl methyl sites for hydroxylation is 1. The Labute approximate surface area is 156 Å². The number of benzene rings is 1. The largest absolute Gasteiger partial charge is 0.359 e. The molecule has 0 bridgehead atoms. The first-order chi connectivity index (χ1) is 11.8. The van der Waals surface area contributed by atoms with E-state index >= 15 is 0 Å². The van der Waals surface area contributed by atoms with Crippen LogP contribution >= 0.6 is 12.2 Å². The lowest BCUT2D eigenvalue weighted by Crippen LogP contribution is -2.53. The van der Waals surface area contributed by atoms with Crippen LogP contribution in [0.5, 0.6) is 0 Å². The molecule has 5 nitrogen and oxygen atoms in total. The van der Waals surface area contributed by atoms with E-state index < -0.39 is 10.0 Å². The Kier molecular flexibility index (Phi) is 6.98. The third kappa shape index (κ3) is 5.26. The average molecular weight is 382 g/mol. The van der Waals surface area contributed by atoms with Gasteiger partial charge in [-0.2, -0.15) is 4.31 Å². The van der Waals surface area contributed by atoms with Gasteiger partial charge in [-0.05, 0) is 43.3 Å². The van der Waals surface area contributed by atoms with E-state index in [1.54, 1.807) is 16.4 Å². The van der Waals surface area contributed by atoms with Gasteiger partial charge in [0.05, 0.1) is 4.90 Å². The summed E-state index contributed by atoms with van der Waals surface area (Å²) in [6, 6.07) is 7.24.